The van der Waals surface area contributed by atoms with Crippen LogP contribution in [0.25, 0.3) is 0 Å². The number of phenolic OH excluding ortho intramolecular Hbond substituents is 2. The van der Waals surface area contributed by atoms with Gasteiger partial charge in [0.05, 0.1) is 5.56 Å². The maximum atomic E-state index is 12.4. The molecule has 0 saturated carbocycles. The van der Waals surface area contributed by atoms with E-state index in [4.69, 9.17) is 39.8 Å². The minimum atomic E-state index is -4.67. The summed E-state index contributed by atoms with van der Waals surface area (Å²) in [5.41, 5.74) is 1.60. The van der Waals surface area contributed by atoms with Gasteiger partial charge in [-0.3, -0.25) is 18.2 Å². The Kier molecular flexibility index (Phi) is 27.8. The van der Waals surface area contributed by atoms with E-state index in [2.05, 4.69) is 0 Å². The zero-order valence-corrected chi connectivity index (χ0v) is 20.0. The second-order valence-electron chi connectivity index (χ2n) is 6.61. The van der Waals surface area contributed by atoms with Gasteiger partial charge in [-0.25, -0.2) is 4.79 Å². The molecule has 0 saturated heterocycles. The Hall–Kier alpha value is 1.26. The summed E-state index contributed by atoms with van der Waals surface area (Å²) in [6.45, 7) is 0. The fourth-order valence-corrected chi connectivity index (χ4v) is 3.20. The molecule has 3 aromatic carbocycles. The van der Waals surface area contributed by atoms with Gasteiger partial charge in [-0.1, -0.05) is 42.5 Å². The quantitative estimate of drug-likeness (QED) is 0.0952. The topological polar surface area (TPSA) is 310 Å². The number of benzene rings is 3. The van der Waals surface area contributed by atoms with Crippen molar-refractivity contribution in [1.29, 1.82) is 0 Å². The van der Waals surface area contributed by atoms with Crippen LogP contribution in [0.3, 0.4) is 0 Å². The molecule has 0 aromatic heterocycles. The van der Waals surface area contributed by atoms with E-state index in [-0.39, 0.29) is 182 Å². The first-order chi connectivity index (χ1) is 15.6. The molecule has 1 aliphatic heterocycles. The number of cyclic esters (lactones) is 1. The number of ether oxygens (including phenoxy) is 1. The molecule has 15 nitrogen and oxygen atoms in total. The van der Waals surface area contributed by atoms with Crippen LogP contribution in [0.4, 0.5) is 0 Å². The molecule has 0 spiro atoms. The van der Waals surface area contributed by atoms with Crippen molar-refractivity contribution in [3.8, 4) is 11.5 Å². The fourth-order valence-electron chi connectivity index (χ4n) is 3.20. The van der Waals surface area contributed by atoms with Gasteiger partial charge in [-0.05, 0) is 30.3 Å². The fraction of sp³-hybridized carbons (Fsp3) is 0.0500. The van der Waals surface area contributed by atoms with Crippen LogP contribution in [0.5, 0.6) is 11.5 Å². The van der Waals surface area contributed by atoms with Crippen molar-refractivity contribution in [2.45, 2.75) is 5.60 Å². The molecule has 3 aromatic rings. The van der Waals surface area contributed by atoms with Crippen LogP contribution in [0.2, 0.25) is 0 Å². The molecule has 212 valence electrons. The second-order valence-corrected chi connectivity index (χ2v) is 8.40. The van der Waals surface area contributed by atoms with Gasteiger partial charge >= 0.3 is 181 Å². The molecule has 20 heteroatoms. The van der Waals surface area contributed by atoms with Crippen LogP contribution in [0, 0.1) is 0 Å². The number of fused-ring (bicyclic) bond motifs is 1. The molecule has 0 atom stereocenters. The Bertz CT molecular complexity index is 1290. The number of phenols is 2. The van der Waals surface area contributed by atoms with Gasteiger partial charge in [0, 0.05) is 16.7 Å². The number of hydrogen-bond donors (Lipinski definition) is 6. The van der Waals surface area contributed by atoms with E-state index < -0.39 is 32.4 Å². The SMILES string of the molecule is O.O.O.O=C1OC(c2ccc(O)cc2)(c2ccc(O)cc2)c2ccccc21.O=S(=O)(O)O.O=S(=O)(O)O.[KH].[KH].[KH]. The average molecular weight is 689 g/mol. The maximum absolute atomic E-state index is 12.4. The van der Waals surface area contributed by atoms with Gasteiger partial charge in [-0.2, -0.15) is 16.8 Å². The predicted molar refractivity (Wildman–Crippen MR) is 149 cm³/mol. The van der Waals surface area contributed by atoms with E-state index in [1.54, 1.807) is 60.7 Å². The second kappa shape index (κ2) is 21.9. The molecular formula is C20H27K3O15S2. The number of aromatic hydroxyl groups is 2. The predicted octanol–water partition coefficient (Wildman–Crippen LogP) is -2.17. The third-order valence-electron chi connectivity index (χ3n) is 4.32. The molecule has 0 amide bonds. The summed E-state index contributed by atoms with van der Waals surface area (Å²) in [6, 6.07) is 20.4. The molecule has 1 aliphatic rings. The third kappa shape index (κ3) is 16.4. The summed E-state index contributed by atoms with van der Waals surface area (Å²) in [5.74, 6) is -0.124. The van der Waals surface area contributed by atoms with Crippen LogP contribution >= 0.6 is 0 Å². The summed E-state index contributed by atoms with van der Waals surface area (Å²) < 4.78 is 69.0. The summed E-state index contributed by atoms with van der Waals surface area (Å²) in [4.78, 5) is 12.4. The van der Waals surface area contributed by atoms with Crippen LogP contribution in [0.15, 0.2) is 72.8 Å². The van der Waals surface area contributed by atoms with Crippen molar-refractivity contribution in [3.63, 3.8) is 0 Å². The Morgan fingerprint density at radius 2 is 0.875 bits per heavy atom. The van der Waals surface area contributed by atoms with E-state index in [1.165, 1.54) is 0 Å². The van der Waals surface area contributed by atoms with Crippen LogP contribution in [0.1, 0.15) is 27.0 Å². The van der Waals surface area contributed by atoms with Gasteiger partial charge in [-0.15, -0.1) is 0 Å². The van der Waals surface area contributed by atoms with Gasteiger partial charge in [0.15, 0.2) is 5.60 Å². The number of rotatable bonds is 2. The third-order valence-corrected chi connectivity index (χ3v) is 4.32. The monoisotopic (exact) mass is 688 g/mol. The molecule has 40 heavy (non-hydrogen) atoms. The summed E-state index contributed by atoms with van der Waals surface area (Å²) in [5, 5.41) is 19.2. The van der Waals surface area contributed by atoms with Crippen molar-refractivity contribution < 1.29 is 71.2 Å². The van der Waals surface area contributed by atoms with Gasteiger partial charge in [0.1, 0.15) is 11.5 Å². The van der Waals surface area contributed by atoms with E-state index in [1.807, 2.05) is 12.1 Å². The zero-order chi connectivity index (χ0) is 25.7. The molecule has 12 N–H and O–H groups in total. The first-order valence-corrected chi connectivity index (χ1v) is 11.7. The Balaban J connectivity index is -0.000000224. The van der Waals surface area contributed by atoms with E-state index in [9.17, 15) is 15.0 Å². The van der Waals surface area contributed by atoms with Crippen LogP contribution < -0.4 is 0 Å². The normalized spacial score (nSPS) is 11.8. The molecule has 0 fully saturated rings. The van der Waals surface area contributed by atoms with E-state index in [0.29, 0.717) is 5.56 Å². The standard InChI is InChI=1S/C20H14O4.3K.2H2O4S.3H2O.3H/c21-15-9-5-13(6-10-15)20(14-7-11-16(22)12-8-14)18-4-2-1-3-17(18)19(23)24-20;;;;2*1-5(2,3)4;;;;;;/h1-12,21-22H;;;;2*(H2,1,2,3,4);3*1H2;;;. The number of carbonyl (C=O) groups is 1. The molecule has 0 unspecified atom stereocenters. The molecular weight excluding hydrogens is 662 g/mol. The molecule has 0 bridgehead atoms. The van der Waals surface area contributed by atoms with Crippen molar-refractivity contribution in [3.05, 3.63) is 95.1 Å². The average Bonchev–Trinajstić information content (AvgIpc) is 3.00. The molecule has 0 aliphatic carbocycles. The number of carbonyl (C=O) groups excluding carboxylic acids is 1. The van der Waals surface area contributed by atoms with Gasteiger partial charge in [0.2, 0.25) is 0 Å². The van der Waals surface area contributed by atoms with Crippen molar-refractivity contribution in [2.24, 2.45) is 0 Å². The molecule has 1 heterocycles. The van der Waals surface area contributed by atoms with E-state index in [0.717, 1.165) is 16.7 Å². The number of hydrogen-bond acceptors (Lipinski definition) is 8. The van der Waals surface area contributed by atoms with Crippen molar-refractivity contribution in [2.75, 3.05) is 0 Å². The minimum absolute atomic E-state index is 0. The summed E-state index contributed by atoms with van der Waals surface area (Å²) in [6.07, 6.45) is 0. The van der Waals surface area contributed by atoms with Gasteiger partial charge in [0.25, 0.3) is 0 Å². The summed E-state index contributed by atoms with van der Waals surface area (Å²) in [7, 11) is -9.33. The van der Waals surface area contributed by atoms with Gasteiger partial charge < -0.3 is 31.4 Å². The first-order valence-electron chi connectivity index (χ1n) is 8.93. The number of esters is 1. The molecule has 4 rings (SSSR count). The van der Waals surface area contributed by atoms with Crippen molar-refractivity contribution >= 4 is 181 Å². The zero-order valence-electron chi connectivity index (χ0n) is 18.4. The van der Waals surface area contributed by atoms with Crippen LogP contribution in [-0.2, 0) is 31.1 Å². The molecule has 0 radical (unpaired) electrons. The van der Waals surface area contributed by atoms with Crippen LogP contribution in [-0.4, -0.2) is 222 Å². The van der Waals surface area contributed by atoms with Crippen molar-refractivity contribution in [1.82, 2.24) is 0 Å². The Morgan fingerprint density at radius 1 is 0.575 bits per heavy atom. The first kappa shape index (κ1) is 50.9. The van der Waals surface area contributed by atoms with E-state index >= 15 is 0 Å². The Labute approximate surface area is 357 Å². The summed E-state index contributed by atoms with van der Waals surface area (Å²) >= 11 is 0. The Morgan fingerprint density at radius 3 is 1.20 bits per heavy atom.